The van der Waals surface area contributed by atoms with Crippen LogP contribution in [0.4, 0.5) is 18.9 Å². The number of benzene rings is 1. The molecule has 0 bridgehead atoms. The Morgan fingerprint density at radius 2 is 2.05 bits per heavy atom. The summed E-state index contributed by atoms with van der Waals surface area (Å²) in [6.07, 6.45) is -2.91. The highest BCUT2D eigenvalue weighted by Crippen LogP contribution is 2.33. The Hall–Kier alpha value is -2.05. The van der Waals surface area contributed by atoms with Crippen molar-refractivity contribution in [3.05, 3.63) is 41.5 Å². The second-order valence-electron chi connectivity index (χ2n) is 4.37. The van der Waals surface area contributed by atoms with Crippen molar-refractivity contribution < 1.29 is 13.2 Å². The SMILES string of the molecule is CCn1ncnc1CNc1ccc(C)c(C(F)(F)F)c1. The van der Waals surface area contributed by atoms with Crippen LogP contribution >= 0.6 is 0 Å². The summed E-state index contributed by atoms with van der Waals surface area (Å²) in [6, 6.07) is 4.19. The third-order valence-electron chi connectivity index (χ3n) is 2.99. The summed E-state index contributed by atoms with van der Waals surface area (Å²) in [5, 5.41) is 6.94. The summed E-state index contributed by atoms with van der Waals surface area (Å²) < 4.78 is 40.1. The van der Waals surface area contributed by atoms with Crippen LogP contribution in [0, 0.1) is 6.92 Å². The molecular formula is C13H15F3N4. The van der Waals surface area contributed by atoms with Gasteiger partial charge in [0.15, 0.2) is 0 Å². The first-order chi connectivity index (χ1) is 9.41. The minimum Gasteiger partial charge on any atom is -0.378 e. The molecule has 0 aliphatic rings. The summed E-state index contributed by atoms with van der Waals surface area (Å²) in [7, 11) is 0. The van der Waals surface area contributed by atoms with E-state index in [-0.39, 0.29) is 5.56 Å². The van der Waals surface area contributed by atoms with Crippen LogP contribution in [0.1, 0.15) is 23.9 Å². The first-order valence-electron chi connectivity index (χ1n) is 6.20. The molecule has 0 aliphatic carbocycles. The fourth-order valence-electron chi connectivity index (χ4n) is 1.91. The molecule has 4 nitrogen and oxygen atoms in total. The lowest BCUT2D eigenvalue weighted by molar-refractivity contribution is -0.138. The maximum atomic E-state index is 12.8. The zero-order valence-electron chi connectivity index (χ0n) is 11.2. The van der Waals surface area contributed by atoms with Gasteiger partial charge in [-0.3, -0.25) is 0 Å². The molecule has 1 heterocycles. The molecule has 0 spiro atoms. The van der Waals surface area contributed by atoms with Crippen molar-refractivity contribution in [1.29, 1.82) is 0 Å². The number of aromatic nitrogens is 3. The summed E-state index contributed by atoms with van der Waals surface area (Å²) in [5.74, 6) is 0.682. The lowest BCUT2D eigenvalue weighted by Crippen LogP contribution is -2.11. The molecule has 0 saturated heterocycles. The van der Waals surface area contributed by atoms with Gasteiger partial charge in [0.2, 0.25) is 0 Å². The molecule has 0 aliphatic heterocycles. The first-order valence-corrected chi connectivity index (χ1v) is 6.20. The van der Waals surface area contributed by atoms with E-state index in [1.807, 2.05) is 6.92 Å². The number of nitrogens with zero attached hydrogens (tertiary/aromatic N) is 3. The molecular weight excluding hydrogens is 269 g/mol. The third kappa shape index (κ3) is 3.09. The zero-order valence-corrected chi connectivity index (χ0v) is 11.2. The van der Waals surface area contributed by atoms with Gasteiger partial charge in [-0.05, 0) is 31.5 Å². The summed E-state index contributed by atoms with van der Waals surface area (Å²) in [4.78, 5) is 4.06. The van der Waals surface area contributed by atoms with Gasteiger partial charge in [0.05, 0.1) is 12.1 Å². The van der Waals surface area contributed by atoms with Gasteiger partial charge in [0, 0.05) is 12.2 Å². The minimum absolute atomic E-state index is 0.208. The summed E-state index contributed by atoms with van der Waals surface area (Å²) in [5.41, 5.74) is -0.00666. The van der Waals surface area contributed by atoms with Gasteiger partial charge in [-0.25, -0.2) is 9.67 Å². The predicted molar refractivity (Wildman–Crippen MR) is 69.2 cm³/mol. The molecule has 1 aromatic heterocycles. The number of nitrogens with one attached hydrogen (secondary N) is 1. The Kier molecular flexibility index (Phi) is 3.96. The van der Waals surface area contributed by atoms with Gasteiger partial charge in [0.1, 0.15) is 12.2 Å². The van der Waals surface area contributed by atoms with E-state index in [9.17, 15) is 13.2 Å². The number of rotatable bonds is 4. The van der Waals surface area contributed by atoms with E-state index in [1.165, 1.54) is 19.3 Å². The maximum Gasteiger partial charge on any atom is 0.416 e. The molecule has 1 aromatic carbocycles. The molecule has 1 N–H and O–H groups in total. The fraction of sp³-hybridized carbons (Fsp3) is 0.385. The van der Waals surface area contributed by atoms with E-state index in [4.69, 9.17) is 0 Å². The highest BCUT2D eigenvalue weighted by Gasteiger charge is 2.32. The first kappa shape index (κ1) is 14.4. The topological polar surface area (TPSA) is 42.7 Å². The quantitative estimate of drug-likeness (QED) is 0.937. The predicted octanol–water partition coefficient (Wildman–Crippen LogP) is 3.24. The standard InChI is InChI=1S/C13H15F3N4/c1-3-20-12(18-8-19-20)7-17-10-5-4-9(2)11(6-10)13(14,15)16/h4-6,8,17H,3,7H2,1-2H3. The Bertz CT molecular complexity index is 590. The Balaban J connectivity index is 2.15. The van der Waals surface area contributed by atoms with Crippen LogP contribution in [-0.4, -0.2) is 14.8 Å². The van der Waals surface area contributed by atoms with Crippen LogP contribution in [0.15, 0.2) is 24.5 Å². The van der Waals surface area contributed by atoms with Gasteiger partial charge < -0.3 is 5.32 Å². The van der Waals surface area contributed by atoms with Crippen molar-refractivity contribution in [3.8, 4) is 0 Å². The van der Waals surface area contributed by atoms with Crippen LogP contribution in [0.25, 0.3) is 0 Å². The number of halogens is 3. The van der Waals surface area contributed by atoms with E-state index in [2.05, 4.69) is 15.4 Å². The normalized spacial score (nSPS) is 11.7. The minimum atomic E-state index is -4.34. The Labute approximate surface area is 114 Å². The molecule has 0 amide bonds. The molecule has 2 rings (SSSR count). The lowest BCUT2D eigenvalue weighted by Gasteiger charge is -2.13. The van der Waals surface area contributed by atoms with Gasteiger partial charge >= 0.3 is 6.18 Å². The fourth-order valence-corrected chi connectivity index (χ4v) is 1.91. The molecule has 20 heavy (non-hydrogen) atoms. The smallest absolute Gasteiger partial charge is 0.378 e. The number of anilines is 1. The average Bonchev–Trinajstić information content (AvgIpc) is 2.84. The molecule has 0 atom stereocenters. The van der Waals surface area contributed by atoms with Crippen molar-refractivity contribution >= 4 is 5.69 Å². The van der Waals surface area contributed by atoms with Crippen LogP contribution in [0.5, 0.6) is 0 Å². The summed E-state index contributed by atoms with van der Waals surface area (Å²) in [6.45, 7) is 4.36. The monoisotopic (exact) mass is 284 g/mol. The number of hydrogen-bond acceptors (Lipinski definition) is 3. The molecule has 0 radical (unpaired) electrons. The van der Waals surface area contributed by atoms with Crippen LogP contribution in [0.3, 0.4) is 0 Å². The third-order valence-corrected chi connectivity index (χ3v) is 2.99. The number of aryl methyl sites for hydroxylation is 2. The molecule has 108 valence electrons. The van der Waals surface area contributed by atoms with Crippen molar-refractivity contribution in [3.63, 3.8) is 0 Å². The zero-order chi connectivity index (χ0) is 14.8. The van der Waals surface area contributed by atoms with Crippen molar-refractivity contribution in [1.82, 2.24) is 14.8 Å². The van der Waals surface area contributed by atoms with E-state index < -0.39 is 11.7 Å². The van der Waals surface area contributed by atoms with E-state index >= 15 is 0 Å². The molecule has 2 aromatic rings. The van der Waals surface area contributed by atoms with E-state index in [0.717, 1.165) is 6.07 Å². The Morgan fingerprint density at radius 3 is 2.70 bits per heavy atom. The van der Waals surface area contributed by atoms with Gasteiger partial charge in [-0.15, -0.1) is 0 Å². The average molecular weight is 284 g/mol. The van der Waals surface area contributed by atoms with Gasteiger partial charge in [-0.2, -0.15) is 18.3 Å². The largest absolute Gasteiger partial charge is 0.416 e. The van der Waals surface area contributed by atoms with Crippen molar-refractivity contribution in [2.45, 2.75) is 33.1 Å². The second kappa shape index (κ2) is 5.52. The van der Waals surface area contributed by atoms with Crippen LogP contribution in [-0.2, 0) is 19.3 Å². The Morgan fingerprint density at radius 1 is 1.30 bits per heavy atom. The van der Waals surface area contributed by atoms with Crippen molar-refractivity contribution in [2.24, 2.45) is 0 Å². The maximum absolute atomic E-state index is 12.8. The van der Waals surface area contributed by atoms with Crippen LogP contribution < -0.4 is 5.32 Å². The number of hydrogen-bond donors (Lipinski definition) is 1. The molecule has 0 unspecified atom stereocenters. The highest BCUT2D eigenvalue weighted by molar-refractivity contribution is 5.49. The van der Waals surface area contributed by atoms with Crippen LogP contribution in [0.2, 0.25) is 0 Å². The van der Waals surface area contributed by atoms with E-state index in [0.29, 0.717) is 24.6 Å². The summed E-state index contributed by atoms with van der Waals surface area (Å²) >= 11 is 0. The second-order valence-corrected chi connectivity index (χ2v) is 4.37. The van der Waals surface area contributed by atoms with Gasteiger partial charge in [-0.1, -0.05) is 6.07 Å². The van der Waals surface area contributed by atoms with Crippen molar-refractivity contribution in [2.75, 3.05) is 5.32 Å². The number of alkyl halides is 3. The molecule has 7 heteroatoms. The lowest BCUT2D eigenvalue weighted by atomic mass is 10.1. The molecule has 0 saturated carbocycles. The van der Waals surface area contributed by atoms with E-state index in [1.54, 1.807) is 10.7 Å². The highest BCUT2D eigenvalue weighted by atomic mass is 19.4. The van der Waals surface area contributed by atoms with Gasteiger partial charge in [0.25, 0.3) is 0 Å². The molecule has 0 fully saturated rings.